The summed E-state index contributed by atoms with van der Waals surface area (Å²) in [7, 11) is 0. The van der Waals surface area contributed by atoms with E-state index in [0.717, 1.165) is 74.0 Å². The van der Waals surface area contributed by atoms with Crippen molar-refractivity contribution in [2.24, 2.45) is 0 Å². The molecule has 7 nitrogen and oxygen atoms in total. The van der Waals surface area contributed by atoms with Gasteiger partial charge in [-0.1, -0.05) is 12.8 Å². The summed E-state index contributed by atoms with van der Waals surface area (Å²) < 4.78 is 1.86. The number of carbonyl (C=O) groups is 1. The van der Waals surface area contributed by atoms with Gasteiger partial charge in [-0.25, -0.2) is 4.68 Å². The summed E-state index contributed by atoms with van der Waals surface area (Å²) in [6.45, 7) is 8.01. The Hall–Kier alpha value is -2.44. The summed E-state index contributed by atoms with van der Waals surface area (Å²) in [5.74, 6) is 1.95. The van der Waals surface area contributed by atoms with E-state index in [2.05, 4.69) is 27.1 Å². The number of likely N-dealkylation sites (tertiary alicyclic amines) is 1. The Morgan fingerprint density at radius 2 is 1.52 bits per heavy atom. The molecule has 0 aromatic carbocycles. The largest absolute Gasteiger partial charge is 0.355 e. The standard InChI is InChI=1S/C22H32N6O/c1-17-19(9-12-22(29)27-15-5-3-4-6-16-27)18(2)28(25-17)21-11-10-20(23-24-21)26-13-7-8-14-26/h10-11H,3-9,12-16H2,1-2H3. The van der Waals surface area contributed by atoms with Crippen molar-refractivity contribution in [1.82, 2.24) is 24.9 Å². The number of hydrogen-bond acceptors (Lipinski definition) is 5. The van der Waals surface area contributed by atoms with E-state index in [4.69, 9.17) is 0 Å². The summed E-state index contributed by atoms with van der Waals surface area (Å²) in [6, 6.07) is 4.03. The van der Waals surface area contributed by atoms with Crippen molar-refractivity contribution in [3.05, 3.63) is 29.1 Å². The van der Waals surface area contributed by atoms with Crippen molar-refractivity contribution in [1.29, 1.82) is 0 Å². The zero-order valence-electron chi connectivity index (χ0n) is 17.7. The first-order chi connectivity index (χ1) is 14.1. The first kappa shape index (κ1) is 19.9. The van der Waals surface area contributed by atoms with Crippen molar-refractivity contribution < 1.29 is 4.79 Å². The second-order valence-electron chi connectivity index (χ2n) is 8.30. The topological polar surface area (TPSA) is 67.2 Å². The molecule has 7 heteroatoms. The van der Waals surface area contributed by atoms with Crippen molar-refractivity contribution in [3.63, 3.8) is 0 Å². The van der Waals surface area contributed by atoms with Gasteiger partial charge in [-0.15, -0.1) is 10.2 Å². The van der Waals surface area contributed by atoms with E-state index in [1.807, 2.05) is 28.6 Å². The quantitative estimate of drug-likeness (QED) is 0.776. The van der Waals surface area contributed by atoms with E-state index >= 15 is 0 Å². The van der Waals surface area contributed by atoms with Gasteiger partial charge < -0.3 is 9.80 Å². The minimum Gasteiger partial charge on any atom is -0.355 e. The highest BCUT2D eigenvalue weighted by Gasteiger charge is 2.19. The molecule has 2 aliphatic rings. The fourth-order valence-corrected chi connectivity index (χ4v) is 4.52. The van der Waals surface area contributed by atoms with E-state index in [1.165, 1.54) is 25.7 Å². The molecule has 29 heavy (non-hydrogen) atoms. The zero-order chi connectivity index (χ0) is 20.2. The molecule has 0 atom stereocenters. The van der Waals surface area contributed by atoms with Gasteiger partial charge in [-0.05, 0) is 63.6 Å². The smallest absolute Gasteiger partial charge is 0.222 e. The molecular weight excluding hydrogens is 364 g/mol. The first-order valence-electron chi connectivity index (χ1n) is 11.1. The van der Waals surface area contributed by atoms with Crippen LogP contribution in [-0.2, 0) is 11.2 Å². The minimum atomic E-state index is 0.271. The van der Waals surface area contributed by atoms with Crippen LogP contribution in [0.2, 0.25) is 0 Å². The van der Waals surface area contributed by atoms with E-state index in [9.17, 15) is 4.79 Å². The summed E-state index contributed by atoms with van der Waals surface area (Å²) in [4.78, 5) is 17.0. The number of anilines is 1. The number of rotatable bonds is 5. The summed E-state index contributed by atoms with van der Waals surface area (Å²) in [5.41, 5.74) is 3.17. The summed E-state index contributed by atoms with van der Waals surface area (Å²) in [5, 5.41) is 13.5. The average Bonchev–Trinajstić information content (AvgIpc) is 3.26. The number of amides is 1. The van der Waals surface area contributed by atoms with Gasteiger partial charge in [0, 0.05) is 38.3 Å². The lowest BCUT2D eigenvalue weighted by molar-refractivity contribution is -0.131. The van der Waals surface area contributed by atoms with Crippen LogP contribution in [0.3, 0.4) is 0 Å². The molecule has 0 N–H and O–H groups in total. The molecule has 0 aliphatic carbocycles. The molecule has 2 saturated heterocycles. The second kappa shape index (κ2) is 8.93. The van der Waals surface area contributed by atoms with Crippen molar-refractivity contribution in [2.75, 3.05) is 31.1 Å². The molecule has 2 aromatic heterocycles. The van der Waals surface area contributed by atoms with Crippen LogP contribution in [0, 0.1) is 13.8 Å². The lowest BCUT2D eigenvalue weighted by Crippen LogP contribution is -2.32. The van der Waals surface area contributed by atoms with Crippen LogP contribution in [0.1, 0.15) is 61.9 Å². The Labute approximate surface area is 173 Å². The number of aryl methyl sites for hydroxylation is 1. The molecular formula is C22H32N6O. The fraction of sp³-hybridized carbons (Fsp3) is 0.636. The normalized spacial score (nSPS) is 17.6. The van der Waals surface area contributed by atoms with Gasteiger partial charge in [-0.3, -0.25) is 4.79 Å². The van der Waals surface area contributed by atoms with Crippen LogP contribution in [0.25, 0.3) is 5.82 Å². The first-order valence-corrected chi connectivity index (χ1v) is 11.1. The van der Waals surface area contributed by atoms with Crippen LogP contribution >= 0.6 is 0 Å². The van der Waals surface area contributed by atoms with Gasteiger partial charge in [0.15, 0.2) is 11.6 Å². The Morgan fingerprint density at radius 1 is 0.897 bits per heavy atom. The van der Waals surface area contributed by atoms with Crippen molar-refractivity contribution in [3.8, 4) is 5.82 Å². The van der Waals surface area contributed by atoms with Crippen LogP contribution in [0.4, 0.5) is 5.82 Å². The Bertz CT molecular complexity index is 830. The van der Waals surface area contributed by atoms with Crippen LogP contribution in [0.5, 0.6) is 0 Å². The molecule has 0 spiro atoms. The highest BCUT2D eigenvalue weighted by molar-refractivity contribution is 5.76. The average molecular weight is 397 g/mol. The second-order valence-corrected chi connectivity index (χ2v) is 8.30. The molecule has 0 bridgehead atoms. The third-order valence-electron chi connectivity index (χ3n) is 6.27. The summed E-state index contributed by atoms with van der Waals surface area (Å²) >= 11 is 0. The van der Waals surface area contributed by atoms with Crippen LogP contribution in [0.15, 0.2) is 12.1 Å². The molecule has 0 unspecified atom stereocenters. The van der Waals surface area contributed by atoms with E-state index in [0.29, 0.717) is 6.42 Å². The molecule has 0 saturated carbocycles. The molecule has 2 aliphatic heterocycles. The predicted molar refractivity (Wildman–Crippen MR) is 113 cm³/mol. The van der Waals surface area contributed by atoms with Crippen molar-refractivity contribution in [2.45, 2.75) is 65.2 Å². The van der Waals surface area contributed by atoms with Gasteiger partial charge in [0.1, 0.15) is 0 Å². The predicted octanol–water partition coefficient (Wildman–Crippen LogP) is 3.21. The van der Waals surface area contributed by atoms with Gasteiger partial charge in [0.2, 0.25) is 5.91 Å². The number of nitrogens with zero attached hydrogens (tertiary/aromatic N) is 6. The maximum atomic E-state index is 12.7. The van der Waals surface area contributed by atoms with E-state index in [-0.39, 0.29) is 5.91 Å². The SMILES string of the molecule is Cc1nn(-c2ccc(N3CCCC3)nn2)c(C)c1CCC(=O)N1CCCCCC1. The monoisotopic (exact) mass is 396 g/mol. The Morgan fingerprint density at radius 3 is 2.17 bits per heavy atom. The number of carbonyl (C=O) groups excluding carboxylic acids is 1. The number of hydrogen-bond donors (Lipinski definition) is 0. The lowest BCUT2D eigenvalue weighted by Gasteiger charge is -2.20. The molecule has 156 valence electrons. The van der Waals surface area contributed by atoms with Gasteiger partial charge in [0.25, 0.3) is 0 Å². The highest BCUT2D eigenvalue weighted by atomic mass is 16.2. The third kappa shape index (κ3) is 4.43. The fourth-order valence-electron chi connectivity index (χ4n) is 4.52. The third-order valence-corrected chi connectivity index (χ3v) is 6.27. The minimum absolute atomic E-state index is 0.271. The lowest BCUT2D eigenvalue weighted by atomic mass is 10.1. The molecule has 2 fully saturated rings. The zero-order valence-corrected chi connectivity index (χ0v) is 17.7. The molecule has 2 aromatic rings. The summed E-state index contributed by atoms with van der Waals surface area (Å²) in [6.07, 6.45) is 8.47. The highest BCUT2D eigenvalue weighted by Crippen LogP contribution is 2.21. The van der Waals surface area contributed by atoms with E-state index < -0.39 is 0 Å². The van der Waals surface area contributed by atoms with Crippen molar-refractivity contribution >= 4 is 11.7 Å². The van der Waals surface area contributed by atoms with Gasteiger partial charge in [-0.2, -0.15) is 5.10 Å². The molecule has 0 radical (unpaired) electrons. The van der Waals surface area contributed by atoms with Crippen LogP contribution < -0.4 is 4.90 Å². The number of aromatic nitrogens is 4. The van der Waals surface area contributed by atoms with Gasteiger partial charge in [0.05, 0.1) is 5.69 Å². The van der Waals surface area contributed by atoms with E-state index in [1.54, 1.807) is 0 Å². The molecule has 4 heterocycles. The molecule has 4 rings (SSSR count). The van der Waals surface area contributed by atoms with Gasteiger partial charge >= 0.3 is 0 Å². The maximum absolute atomic E-state index is 12.7. The van der Waals surface area contributed by atoms with Crippen LogP contribution in [-0.4, -0.2) is 57.0 Å². The molecule has 1 amide bonds. The Balaban J connectivity index is 1.44. The maximum Gasteiger partial charge on any atom is 0.222 e. The Kier molecular flexibility index (Phi) is 6.11.